The van der Waals surface area contributed by atoms with Crippen LogP contribution in [-0.4, -0.2) is 22.2 Å². The topological polar surface area (TPSA) is 74.6 Å². The van der Waals surface area contributed by atoms with E-state index in [4.69, 9.17) is 0 Å². The van der Waals surface area contributed by atoms with Gasteiger partial charge in [-0.25, -0.2) is 5.43 Å². The molecule has 0 radical (unpaired) electrons. The first-order valence-corrected chi connectivity index (χ1v) is 6.84. The number of phenolic OH excluding ortho intramolecular Hbond substituents is 1. The van der Waals surface area contributed by atoms with E-state index in [0.717, 1.165) is 0 Å². The molecule has 1 aromatic carbocycles. The third-order valence-electron chi connectivity index (χ3n) is 2.25. The van der Waals surface area contributed by atoms with E-state index in [9.17, 15) is 9.90 Å². The Bertz CT molecular complexity index is 579. The fourth-order valence-electron chi connectivity index (χ4n) is 1.32. The molecule has 20 heavy (non-hydrogen) atoms. The molecule has 0 aliphatic heterocycles. The van der Waals surface area contributed by atoms with Gasteiger partial charge in [0.15, 0.2) is 0 Å². The van der Waals surface area contributed by atoms with E-state index in [1.165, 1.54) is 18.6 Å². The van der Waals surface area contributed by atoms with Crippen molar-refractivity contribution in [2.75, 3.05) is 0 Å². The summed E-state index contributed by atoms with van der Waals surface area (Å²) in [6, 6.07) is 9.90. The fraction of sp³-hybridized carbons (Fsp3) is 0. The zero-order chi connectivity index (χ0) is 14.8. The Morgan fingerprint density at radius 2 is 1.90 bits per heavy atom. The molecule has 0 saturated carbocycles. The number of aromatic hydroxyl groups is 1. The van der Waals surface area contributed by atoms with Gasteiger partial charge in [0.1, 0.15) is 5.75 Å². The number of rotatable bonds is 3. The van der Waals surface area contributed by atoms with Crippen molar-refractivity contribution in [2.24, 2.45) is 5.10 Å². The predicted octanol–water partition coefficient (Wildman–Crippen LogP) is 2.24. The summed E-state index contributed by atoms with van der Waals surface area (Å²) in [5.41, 5.74) is 3.37. The van der Waals surface area contributed by atoms with Gasteiger partial charge in [-0.3, -0.25) is 9.78 Å². The van der Waals surface area contributed by atoms with Crippen LogP contribution in [0.2, 0.25) is 0 Å². The van der Waals surface area contributed by atoms with Crippen LogP contribution in [0.4, 0.5) is 0 Å². The molecule has 1 heterocycles. The molecule has 0 spiro atoms. The van der Waals surface area contributed by atoms with Gasteiger partial charge in [0, 0.05) is 23.5 Å². The van der Waals surface area contributed by atoms with Gasteiger partial charge in [-0.1, -0.05) is 12.1 Å². The standard InChI is InChI=1S/C13H11N3O2.ClH.Co/c17-12-4-2-1-3-11(12)9-15-16-13(18)10-5-7-14-8-6-10;;/h1-9,17H,(H,16,18);1H;/q;;+2/p-1/b15-9+;;. The van der Waals surface area contributed by atoms with Crippen LogP contribution in [0.1, 0.15) is 15.9 Å². The Kier molecular flexibility index (Phi) is 7.34. The Morgan fingerprint density at radius 1 is 1.25 bits per heavy atom. The van der Waals surface area contributed by atoms with Gasteiger partial charge < -0.3 is 5.11 Å². The van der Waals surface area contributed by atoms with E-state index in [1.54, 1.807) is 36.4 Å². The van der Waals surface area contributed by atoms with Crippen LogP contribution in [0.5, 0.6) is 5.75 Å². The molecule has 5 nitrogen and oxygen atoms in total. The van der Waals surface area contributed by atoms with Crippen LogP contribution in [0.15, 0.2) is 53.9 Å². The number of halogens is 1. The summed E-state index contributed by atoms with van der Waals surface area (Å²) in [7, 11) is 4.33. The molecule has 0 bridgehead atoms. The molecule has 0 unspecified atom stereocenters. The van der Waals surface area contributed by atoms with Crippen LogP contribution in [0, 0.1) is 0 Å². The van der Waals surface area contributed by atoms with Crippen molar-refractivity contribution in [1.29, 1.82) is 0 Å². The summed E-state index contributed by atoms with van der Waals surface area (Å²) < 4.78 is 0. The van der Waals surface area contributed by atoms with Gasteiger partial charge in [-0.2, -0.15) is 5.10 Å². The number of nitrogens with zero attached hydrogens (tertiary/aromatic N) is 2. The monoisotopic (exact) mass is 335 g/mol. The zero-order valence-electron chi connectivity index (χ0n) is 10.2. The number of benzene rings is 1. The second kappa shape index (κ2) is 9.08. The number of amides is 1. The molecule has 105 valence electrons. The minimum atomic E-state index is -0.330. The summed E-state index contributed by atoms with van der Waals surface area (Å²) in [6.07, 6.45) is 4.44. The number of pyridine rings is 1. The number of hydrogen-bond acceptors (Lipinski definition) is 4. The number of carbonyl (C=O) groups excluding carboxylic acids is 1. The van der Waals surface area contributed by atoms with Crippen molar-refractivity contribution in [3.05, 3.63) is 59.9 Å². The number of hydrogen-bond donors (Lipinski definition) is 2. The van der Waals surface area contributed by atoms with Crippen molar-refractivity contribution < 1.29 is 24.7 Å². The van der Waals surface area contributed by atoms with Crippen LogP contribution in [0.3, 0.4) is 0 Å². The summed E-state index contributed by atoms with van der Waals surface area (Å²) in [5.74, 6) is -0.219. The van der Waals surface area contributed by atoms with Gasteiger partial charge in [0.05, 0.1) is 6.21 Å². The summed E-state index contributed by atoms with van der Waals surface area (Å²) in [5, 5.41) is 13.3. The second-order valence-corrected chi connectivity index (χ2v) is 3.49. The molecule has 2 aromatic rings. The zero-order valence-corrected chi connectivity index (χ0v) is 12.0. The first-order chi connectivity index (χ1) is 9.77. The number of phenols is 1. The first kappa shape index (κ1) is 16.2. The molecule has 0 aliphatic rings. The van der Waals surface area contributed by atoms with E-state index < -0.39 is 0 Å². The Morgan fingerprint density at radius 3 is 2.55 bits per heavy atom. The van der Waals surface area contributed by atoms with E-state index in [1.807, 2.05) is 0 Å². The van der Waals surface area contributed by atoms with Gasteiger partial charge in [-0.15, -0.1) is 0 Å². The van der Waals surface area contributed by atoms with Crippen LogP contribution < -0.4 is 5.43 Å². The summed E-state index contributed by atoms with van der Waals surface area (Å²) in [6.45, 7) is 0. The minimum absolute atomic E-state index is 0.111. The third-order valence-corrected chi connectivity index (χ3v) is 2.25. The average Bonchev–Trinajstić information content (AvgIpc) is 2.52. The van der Waals surface area contributed by atoms with Crippen LogP contribution in [0.25, 0.3) is 0 Å². The SMILES string of the molecule is O=C(N/N=C/c1ccccc1O)c1ccncc1.[Cl][Co+]. The molecule has 7 heteroatoms. The average molecular weight is 336 g/mol. The maximum atomic E-state index is 11.6. The number of para-hydroxylation sites is 1. The van der Waals surface area contributed by atoms with Crippen LogP contribution >= 0.6 is 10.1 Å². The molecule has 2 rings (SSSR count). The van der Waals surface area contributed by atoms with Crippen molar-refractivity contribution >= 4 is 22.3 Å². The molecule has 0 saturated heterocycles. The molecule has 0 atom stereocenters. The van der Waals surface area contributed by atoms with Crippen molar-refractivity contribution in [1.82, 2.24) is 10.4 Å². The van der Waals surface area contributed by atoms with Crippen molar-refractivity contribution in [2.45, 2.75) is 0 Å². The molecule has 0 fully saturated rings. The normalized spacial score (nSPS) is 9.70. The van der Waals surface area contributed by atoms with Crippen molar-refractivity contribution in [3.63, 3.8) is 0 Å². The number of carbonyl (C=O) groups is 1. The Balaban J connectivity index is 0.000000956. The van der Waals surface area contributed by atoms with Gasteiger partial charge in [0.25, 0.3) is 5.91 Å². The van der Waals surface area contributed by atoms with E-state index in [-0.39, 0.29) is 11.7 Å². The molecule has 1 amide bonds. The van der Waals surface area contributed by atoms with Gasteiger partial charge in [0.2, 0.25) is 0 Å². The summed E-state index contributed by atoms with van der Waals surface area (Å²) in [4.78, 5) is 15.4. The molecule has 1 aromatic heterocycles. The molecular formula is C13H11ClCoN3O2+. The second-order valence-electron chi connectivity index (χ2n) is 3.49. The Labute approximate surface area is 128 Å². The fourth-order valence-corrected chi connectivity index (χ4v) is 1.32. The predicted molar refractivity (Wildman–Crippen MR) is 73.3 cm³/mol. The summed E-state index contributed by atoms with van der Waals surface area (Å²) >= 11 is 3.03. The van der Waals surface area contributed by atoms with E-state index in [0.29, 0.717) is 11.1 Å². The first-order valence-electron chi connectivity index (χ1n) is 5.41. The van der Waals surface area contributed by atoms with E-state index in [2.05, 4.69) is 40.5 Å². The van der Waals surface area contributed by atoms with Crippen LogP contribution in [-0.2, 0) is 14.8 Å². The molecular weight excluding hydrogens is 325 g/mol. The number of hydrazone groups is 1. The Hall–Kier alpha value is -1.89. The van der Waals surface area contributed by atoms with Gasteiger partial charge >= 0.3 is 25.0 Å². The van der Waals surface area contributed by atoms with Crippen molar-refractivity contribution in [3.8, 4) is 5.75 Å². The van der Waals surface area contributed by atoms with E-state index >= 15 is 0 Å². The maximum absolute atomic E-state index is 11.6. The molecule has 0 aliphatic carbocycles. The number of aromatic nitrogens is 1. The number of nitrogens with one attached hydrogen (secondary N) is 1. The quantitative estimate of drug-likeness (QED) is 0.667. The molecule has 2 N–H and O–H groups in total. The van der Waals surface area contributed by atoms with Gasteiger partial charge in [-0.05, 0) is 24.3 Å². The third kappa shape index (κ3) is 5.00.